The predicted molar refractivity (Wildman–Crippen MR) is 273 cm³/mol. The van der Waals surface area contributed by atoms with E-state index in [9.17, 15) is 23.2 Å². The van der Waals surface area contributed by atoms with E-state index in [4.69, 9.17) is 18.4 Å². The Bertz CT molecular complexity index is 3330. The van der Waals surface area contributed by atoms with Crippen LogP contribution in [0.3, 0.4) is 0 Å². The summed E-state index contributed by atoms with van der Waals surface area (Å²) in [7, 11) is -8.06. The molecule has 0 unspecified atom stereocenters. The number of benzene rings is 6. The van der Waals surface area contributed by atoms with Crippen LogP contribution in [-0.2, 0) is 33.6 Å². The molecule has 74 heavy (non-hydrogen) atoms. The summed E-state index contributed by atoms with van der Waals surface area (Å²) in [6.07, 6.45) is 4.26. The molecule has 0 saturated carbocycles. The molecule has 0 spiro atoms. The molecule has 0 aliphatic carbocycles. The van der Waals surface area contributed by atoms with Crippen molar-refractivity contribution in [1.82, 2.24) is 29.9 Å². The molecule has 8 rings (SSSR count). The van der Waals surface area contributed by atoms with Gasteiger partial charge in [0.05, 0.1) is 18.1 Å². The van der Waals surface area contributed by atoms with Crippen LogP contribution in [0.1, 0.15) is 33.6 Å². The molecule has 20 nitrogen and oxygen atoms in total. The van der Waals surface area contributed by atoms with Crippen LogP contribution < -0.4 is 91.0 Å². The van der Waals surface area contributed by atoms with Gasteiger partial charge >= 0.3 is 69.7 Å². The average molecular weight is 1050 g/mol. The molecular weight excluding hydrogens is 1010 g/mol. The molecule has 6 aromatic carbocycles. The molecule has 24 heteroatoms. The minimum absolute atomic E-state index is 0. The SMILES string of the molecule is Nc1ccc(Cc2ccc(Nc3nc(Nc4c[c-]c(/C=C/c5ccc(Nc6nc(Cc7ccccc7)nc(N(CCO)CCO)n6)cc5S(=O)(=O)[O-])cc4)nc(Nc4ccccc4)n3)cc2)cc1.O=S(=O)=O.[Na+].[Na+]. The van der Waals surface area contributed by atoms with E-state index in [1.54, 1.807) is 35.2 Å². The van der Waals surface area contributed by atoms with E-state index in [0.29, 0.717) is 35.4 Å². The normalized spacial score (nSPS) is 10.7. The van der Waals surface area contributed by atoms with Gasteiger partial charge in [0.1, 0.15) is 15.9 Å². The number of anilines is 10. The third-order valence-corrected chi connectivity index (χ3v) is 11.1. The van der Waals surface area contributed by atoms with Gasteiger partial charge in [0, 0.05) is 42.3 Å². The van der Waals surface area contributed by atoms with Gasteiger partial charge in [-0.05, 0) is 82.9 Å². The second kappa shape index (κ2) is 28.7. The molecule has 8 N–H and O–H groups in total. The third-order valence-electron chi connectivity index (χ3n) is 10.2. The van der Waals surface area contributed by atoms with Crippen LogP contribution in [0.2, 0.25) is 0 Å². The molecule has 8 aromatic rings. The maximum atomic E-state index is 12.6. The van der Waals surface area contributed by atoms with Crippen molar-refractivity contribution in [3.05, 3.63) is 185 Å². The van der Waals surface area contributed by atoms with Gasteiger partial charge in [-0.2, -0.15) is 35.5 Å². The smallest absolute Gasteiger partial charge is 0.744 e. The van der Waals surface area contributed by atoms with Crippen LogP contribution in [0, 0.1) is 6.07 Å². The quantitative estimate of drug-likeness (QED) is 0.0179. The summed E-state index contributed by atoms with van der Waals surface area (Å²) in [4.78, 5) is 28.6. The van der Waals surface area contributed by atoms with Crippen LogP contribution in [-0.4, -0.2) is 92.0 Å². The summed E-state index contributed by atoms with van der Waals surface area (Å²) in [5, 5.41) is 32.1. The van der Waals surface area contributed by atoms with Gasteiger partial charge in [-0.3, -0.25) is 0 Å². The minimum atomic E-state index is -4.95. The number of aliphatic hydroxyl groups excluding tert-OH is 2. The fourth-order valence-corrected chi connectivity index (χ4v) is 7.63. The second-order valence-electron chi connectivity index (χ2n) is 15.5. The Hall–Kier alpha value is -6.67. The molecular formula is C50H46N12Na2O8S2. The third kappa shape index (κ3) is 18.4. The molecule has 0 saturated heterocycles. The van der Waals surface area contributed by atoms with E-state index in [1.807, 2.05) is 109 Å². The van der Waals surface area contributed by atoms with E-state index >= 15 is 0 Å². The molecule has 2 heterocycles. The second-order valence-corrected chi connectivity index (χ2v) is 17.3. The first kappa shape index (κ1) is 58.2. The topological polar surface area (TPSA) is 304 Å². The van der Waals surface area contributed by atoms with Crippen molar-refractivity contribution in [2.75, 3.05) is 58.2 Å². The molecule has 0 aliphatic rings. The van der Waals surface area contributed by atoms with Gasteiger partial charge in [0.2, 0.25) is 29.7 Å². The summed E-state index contributed by atoms with van der Waals surface area (Å²) in [6.45, 7) is -0.111. The summed E-state index contributed by atoms with van der Waals surface area (Å²) in [5.41, 5.74) is 13.0. The molecule has 0 atom stereocenters. The molecule has 0 aliphatic heterocycles. The summed E-state index contributed by atoms with van der Waals surface area (Å²) in [6, 6.07) is 47.6. The molecule has 0 fully saturated rings. The van der Waals surface area contributed by atoms with Crippen LogP contribution >= 0.6 is 0 Å². The van der Waals surface area contributed by atoms with Crippen molar-refractivity contribution in [3.8, 4) is 0 Å². The van der Waals surface area contributed by atoms with Crippen LogP contribution in [0.15, 0.2) is 150 Å². The van der Waals surface area contributed by atoms with Crippen molar-refractivity contribution in [3.63, 3.8) is 0 Å². The zero-order valence-corrected chi connectivity index (χ0v) is 45.8. The Labute approximate surface area is 473 Å². The van der Waals surface area contributed by atoms with Crippen LogP contribution in [0.25, 0.3) is 12.2 Å². The summed E-state index contributed by atoms with van der Waals surface area (Å²) >= 11 is 0. The van der Waals surface area contributed by atoms with E-state index in [2.05, 4.69) is 57.2 Å². The van der Waals surface area contributed by atoms with Gasteiger partial charge < -0.3 is 46.7 Å². The van der Waals surface area contributed by atoms with Gasteiger partial charge in [-0.1, -0.05) is 84.9 Å². The molecule has 0 amide bonds. The number of hydrogen-bond donors (Lipinski definition) is 7. The number of nitrogens with two attached hydrogens (primary N) is 1. The van der Waals surface area contributed by atoms with E-state index < -0.39 is 25.6 Å². The fourth-order valence-electron chi connectivity index (χ4n) is 6.94. The van der Waals surface area contributed by atoms with Crippen molar-refractivity contribution >= 4 is 91.1 Å². The number of nitrogens with one attached hydrogen (secondary N) is 4. The number of rotatable bonds is 20. The monoisotopic (exact) mass is 1050 g/mol. The fraction of sp³-hybridized carbons (Fsp3) is 0.120. The van der Waals surface area contributed by atoms with E-state index in [1.165, 1.54) is 18.2 Å². The largest absolute Gasteiger partial charge is 1.00 e. The van der Waals surface area contributed by atoms with Gasteiger partial charge in [0.25, 0.3) is 0 Å². The van der Waals surface area contributed by atoms with Gasteiger partial charge in [-0.15, -0.1) is 43.0 Å². The number of hydrogen-bond acceptors (Lipinski definition) is 20. The van der Waals surface area contributed by atoms with E-state index in [0.717, 1.165) is 40.2 Å². The Morgan fingerprint density at radius 1 is 0.581 bits per heavy atom. The maximum Gasteiger partial charge on any atom is 1.00 e. The Morgan fingerprint density at radius 3 is 1.62 bits per heavy atom. The first-order valence-electron chi connectivity index (χ1n) is 21.9. The Morgan fingerprint density at radius 2 is 1.07 bits per heavy atom. The number of aromatic nitrogens is 6. The summed E-state index contributed by atoms with van der Waals surface area (Å²) < 4.78 is 63.2. The number of aliphatic hydroxyl groups is 2. The molecule has 368 valence electrons. The first-order chi connectivity index (χ1) is 34.8. The minimum Gasteiger partial charge on any atom is -0.744 e. The van der Waals surface area contributed by atoms with Crippen molar-refractivity contribution < 1.29 is 94.9 Å². The van der Waals surface area contributed by atoms with Gasteiger partial charge in [-0.25, -0.2) is 8.42 Å². The maximum absolute atomic E-state index is 12.6. The zero-order valence-electron chi connectivity index (χ0n) is 40.1. The van der Waals surface area contributed by atoms with Crippen molar-refractivity contribution in [2.45, 2.75) is 17.7 Å². The van der Waals surface area contributed by atoms with Crippen LogP contribution in [0.4, 0.5) is 58.2 Å². The summed E-state index contributed by atoms with van der Waals surface area (Å²) in [5.74, 6) is 1.53. The van der Waals surface area contributed by atoms with Crippen molar-refractivity contribution in [2.24, 2.45) is 0 Å². The average Bonchev–Trinajstić information content (AvgIpc) is 3.35. The molecule has 0 bridgehead atoms. The van der Waals surface area contributed by atoms with Gasteiger partial charge in [0.15, 0.2) is 0 Å². The number of nitrogen functional groups attached to an aromatic ring is 1. The predicted octanol–water partition coefficient (Wildman–Crippen LogP) is 0.464. The number of para-hydroxylation sites is 1. The zero-order chi connectivity index (χ0) is 50.9. The van der Waals surface area contributed by atoms with E-state index in [-0.39, 0.29) is 115 Å². The molecule has 0 radical (unpaired) electrons. The Balaban J connectivity index is 0.00000163. The molecule has 2 aromatic heterocycles. The standard InChI is InChI=1S/C50H47N12O5S.2Na.O3S/c51-39-20-12-36(13-21-39)31-37-16-24-42(25-17-37)54-49-59-47(52-40-9-5-2-6-10-40)58-48(60-49)53-41-22-14-34(15-23-41)11-18-38-19-26-43(33-44(38)68(65,66)67)55-46-56-45(32-35-7-3-1-4-8-35)57-50(61-46)62(27-29-63)28-30-64;;;1-4(2)3/h1-14,16-26,33,63-64H,27-32,51H2,(H,65,66,67)(H,55,56,57,61)(H3,52,53,54,58,59,60);;;/q-1;2*+1;/p-1/b18-11+;;;. The van der Waals surface area contributed by atoms with Crippen molar-refractivity contribution in [1.29, 1.82) is 0 Å². The van der Waals surface area contributed by atoms with Crippen LogP contribution in [0.5, 0.6) is 0 Å². The first-order valence-corrected chi connectivity index (χ1v) is 24.3. The Kier molecular flexibility index (Phi) is 22.6. The number of nitrogens with zero attached hydrogens (tertiary/aromatic N) is 7.